The Balaban J connectivity index is 1.67. The van der Waals surface area contributed by atoms with Crippen LogP contribution in [0.5, 0.6) is 0 Å². The molecule has 110 valence electrons. The Morgan fingerprint density at radius 2 is 1.82 bits per heavy atom. The van der Waals surface area contributed by atoms with Crippen LogP contribution in [0.15, 0.2) is 59.7 Å². The third-order valence-corrected chi connectivity index (χ3v) is 4.34. The Labute approximate surface area is 133 Å². The highest BCUT2D eigenvalue weighted by molar-refractivity contribution is 6.30. The minimum absolute atomic E-state index is 0.142. The van der Waals surface area contributed by atoms with Crippen LogP contribution in [-0.2, 0) is 9.53 Å². The summed E-state index contributed by atoms with van der Waals surface area (Å²) in [6.45, 7) is 1.83. The van der Waals surface area contributed by atoms with Crippen molar-refractivity contribution in [1.82, 2.24) is 0 Å². The first-order valence-electron chi connectivity index (χ1n) is 7.01. The van der Waals surface area contributed by atoms with Gasteiger partial charge in [-0.1, -0.05) is 41.9 Å². The number of hydrazone groups is 1. The van der Waals surface area contributed by atoms with Gasteiger partial charge in [0.15, 0.2) is 0 Å². The van der Waals surface area contributed by atoms with E-state index in [4.69, 9.17) is 16.3 Å². The molecule has 1 spiro atoms. The predicted molar refractivity (Wildman–Crippen MR) is 85.0 cm³/mol. The Kier molecular flexibility index (Phi) is 2.86. The van der Waals surface area contributed by atoms with Crippen molar-refractivity contribution < 1.29 is 9.53 Å². The molecule has 4 rings (SSSR count). The molecule has 4 nitrogen and oxygen atoms in total. The lowest BCUT2D eigenvalue weighted by molar-refractivity contribution is -0.120. The number of hydrogen-bond donors (Lipinski definition) is 0. The number of anilines is 1. The van der Waals surface area contributed by atoms with Gasteiger partial charge in [-0.15, -0.1) is 0 Å². The number of hydrogen-bond acceptors (Lipinski definition) is 3. The molecule has 0 aliphatic carbocycles. The van der Waals surface area contributed by atoms with Crippen LogP contribution in [0.3, 0.4) is 0 Å². The number of epoxide rings is 1. The van der Waals surface area contributed by atoms with Gasteiger partial charge in [0.2, 0.25) is 5.60 Å². The first-order chi connectivity index (χ1) is 10.6. The zero-order chi connectivity index (χ0) is 15.3. The van der Waals surface area contributed by atoms with Gasteiger partial charge in [-0.05, 0) is 36.8 Å². The third-order valence-electron chi connectivity index (χ3n) is 4.09. The van der Waals surface area contributed by atoms with Crippen LogP contribution < -0.4 is 5.01 Å². The second-order valence-electron chi connectivity index (χ2n) is 5.42. The van der Waals surface area contributed by atoms with Crippen molar-refractivity contribution in [3.63, 3.8) is 0 Å². The Hall–Kier alpha value is -2.17. The smallest absolute Gasteiger partial charge is 0.288 e. The van der Waals surface area contributed by atoms with Gasteiger partial charge in [-0.3, -0.25) is 4.79 Å². The molecule has 0 unspecified atom stereocenters. The summed E-state index contributed by atoms with van der Waals surface area (Å²) in [6.07, 6.45) is -0.297. The van der Waals surface area contributed by atoms with E-state index in [1.54, 1.807) is 12.1 Å². The molecule has 0 bridgehead atoms. The standard InChI is InChI=1S/C17H13ClN2O2/c1-11-17(15(22-17)12-7-9-13(18)10-8-12)16(21)20(19-11)14-5-3-2-4-6-14/h2-10,15H,1H3/t15-,17+/m1/s1. The molecule has 2 aliphatic rings. The van der Waals surface area contributed by atoms with Crippen molar-refractivity contribution in [1.29, 1.82) is 0 Å². The molecule has 2 heterocycles. The van der Waals surface area contributed by atoms with Crippen molar-refractivity contribution in [2.24, 2.45) is 5.10 Å². The third kappa shape index (κ3) is 1.81. The van der Waals surface area contributed by atoms with E-state index < -0.39 is 5.60 Å². The fourth-order valence-corrected chi connectivity index (χ4v) is 2.98. The summed E-state index contributed by atoms with van der Waals surface area (Å²) in [6, 6.07) is 16.7. The number of halogens is 1. The topological polar surface area (TPSA) is 45.2 Å². The molecule has 0 aromatic heterocycles. The van der Waals surface area contributed by atoms with Crippen LogP contribution in [0.25, 0.3) is 0 Å². The van der Waals surface area contributed by atoms with Crippen LogP contribution in [0.1, 0.15) is 18.6 Å². The second kappa shape index (κ2) is 4.66. The van der Waals surface area contributed by atoms with E-state index in [2.05, 4.69) is 5.10 Å². The van der Waals surface area contributed by atoms with Gasteiger partial charge in [0.1, 0.15) is 6.10 Å². The Morgan fingerprint density at radius 1 is 1.14 bits per heavy atom. The van der Waals surface area contributed by atoms with Crippen molar-refractivity contribution in [2.45, 2.75) is 18.6 Å². The highest BCUT2D eigenvalue weighted by atomic mass is 35.5. The number of carbonyl (C=O) groups is 1. The molecular formula is C17H13ClN2O2. The molecule has 2 aliphatic heterocycles. The zero-order valence-corrected chi connectivity index (χ0v) is 12.6. The van der Waals surface area contributed by atoms with Crippen LogP contribution in [0.2, 0.25) is 5.02 Å². The number of rotatable bonds is 2. The number of para-hydroxylation sites is 1. The van der Waals surface area contributed by atoms with E-state index in [1.807, 2.05) is 49.4 Å². The van der Waals surface area contributed by atoms with Crippen LogP contribution in [0.4, 0.5) is 5.69 Å². The van der Waals surface area contributed by atoms with Gasteiger partial charge in [-0.25, -0.2) is 0 Å². The van der Waals surface area contributed by atoms with E-state index in [0.29, 0.717) is 10.7 Å². The highest BCUT2D eigenvalue weighted by Crippen LogP contribution is 2.54. The summed E-state index contributed by atoms with van der Waals surface area (Å²) < 4.78 is 5.80. The second-order valence-corrected chi connectivity index (χ2v) is 5.86. The Morgan fingerprint density at radius 3 is 2.50 bits per heavy atom. The van der Waals surface area contributed by atoms with Crippen molar-refractivity contribution in [2.75, 3.05) is 5.01 Å². The fraction of sp³-hybridized carbons (Fsp3) is 0.176. The first-order valence-corrected chi connectivity index (χ1v) is 7.39. The van der Waals surface area contributed by atoms with Crippen LogP contribution in [-0.4, -0.2) is 17.2 Å². The highest BCUT2D eigenvalue weighted by Gasteiger charge is 2.69. The fourth-order valence-electron chi connectivity index (χ4n) is 2.86. The van der Waals surface area contributed by atoms with Gasteiger partial charge >= 0.3 is 0 Å². The minimum Gasteiger partial charge on any atom is -0.344 e. The van der Waals surface area contributed by atoms with Crippen molar-refractivity contribution in [3.05, 3.63) is 65.2 Å². The number of amides is 1. The molecule has 1 saturated heterocycles. The van der Waals surface area contributed by atoms with Gasteiger partial charge in [-0.2, -0.15) is 10.1 Å². The summed E-state index contributed by atoms with van der Waals surface area (Å²) in [5.41, 5.74) is 1.40. The molecular weight excluding hydrogens is 300 g/mol. The molecule has 2 aromatic rings. The van der Waals surface area contributed by atoms with Gasteiger partial charge in [0, 0.05) is 5.02 Å². The molecule has 0 N–H and O–H groups in total. The summed E-state index contributed by atoms with van der Waals surface area (Å²) in [4.78, 5) is 12.8. The summed E-state index contributed by atoms with van der Waals surface area (Å²) >= 11 is 5.91. The maximum atomic E-state index is 12.8. The van der Waals surface area contributed by atoms with Crippen molar-refractivity contribution >= 4 is 28.9 Å². The van der Waals surface area contributed by atoms with E-state index >= 15 is 0 Å². The number of ether oxygens (including phenoxy) is 1. The summed E-state index contributed by atoms with van der Waals surface area (Å²) in [7, 11) is 0. The molecule has 0 radical (unpaired) electrons. The lowest BCUT2D eigenvalue weighted by Crippen LogP contribution is -2.35. The number of carbonyl (C=O) groups excluding carboxylic acids is 1. The molecule has 2 atom stereocenters. The summed E-state index contributed by atoms with van der Waals surface area (Å²) in [5, 5.41) is 6.48. The number of benzene rings is 2. The maximum absolute atomic E-state index is 12.8. The molecule has 22 heavy (non-hydrogen) atoms. The minimum atomic E-state index is -0.955. The lowest BCUT2D eigenvalue weighted by Gasteiger charge is -2.12. The van der Waals surface area contributed by atoms with Crippen LogP contribution >= 0.6 is 11.6 Å². The van der Waals surface area contributed by atoms with Gasteiger partial charge in [0.25, 0.3) is 5.91 Å². The average molecular weight is 313 g/mol. The van der Waals surface area contributed by atoms with E-state index in [-0.39, 0.29) is 12.0 Å². The van der Waals surface area contributed by atoms with E-state index in [9.17, 15) is 4.79 Å². The number of nitrogens with zero attached hydrogens (tertiary/aromatic N) is 2. The lowest BCUT2D eigenvalue weighted by atomic mass is 9.95. The van der Waals surface area contributed by atoms with Crippen molar-refractivity contribution in [3.8, 4) is 0 Å². The quantitative estimate of drug-likeness (QED) is 0.796. The largest absolute Gasteiger partial charge is 0.344 e. The molecule has 1 fully saturated rings. The first kappa shape index (κ1) is 13.5. The summed E-state index contributed by atoms with van der Waals surface area (Å²) in [5.74, 6) is -0.142. The van der Waals surface area contributed by atoms with Gasteiger partial charge < -0.3 is 4.74 Å². The monoisotopic (exact) mass is 312 g/mol. The molecule has 0 saturated carbocycles. The zero-order valence-electron chi connectivity index (χ0n) is 11.9. The normalized spacial score (nSPS) is 26.5. The maximum Gasteiger partial charge on any atom is 0.288 e. The SMILES string of the molecule is CC1=NN(c2ccccc2)C(=O)[C@]12O[C@@H]2c1ccc(Cl)cc1. The van der Waals surface area contributed by atoms with E-state index in [1.165, 1.54) is 5.01 Å². The predicted octanol–water partition coefficient (Wildman–Crippen LogP) is 3.57. The van der Waals surface area contributed by atoms with E-state index in [0.717, 1.165) is 11.3 Å². The molecule has 1 amide bonds. The Bertz CT molecular complexity index is 773. The van der Waals surface area contributed by atoms with Crippen LogP contribution in [0, 0.1) is 0 Å². The molecule has 5 heteroatoms. The van der Waals surface area contributed by atoms with Gasteiger partial charge in [0.05, 0.1) is 11.4 Å². The average Bonchev–Trinajstić information content (AvgIpc) is 3.25. The molecule has 2 aromatic carbocycles.